The molecule has 1 heterocycles. The average Bonchev–Trinajstić information content (AvgIpc) is 2.97. The molecule has 1 saturated carbocycles. The van der Waals surface area contributed by atoms with E-state index in [9.17, 15) is 13.2 Å². The van der Waals surface area contributed by atoms with Crippen LogP contribution in [0.1, 0.15) is 32.1 Å². The highest BCUT2D eigenvalue weighted by Crippen LogP contribution is 2.34. The van der Waals surface area contributed by atoms with E-state index in [4.69, 9.17) is 9.84 Å². The fourth-order valence-corrected chi connectivity index (χ4v) is 3.88. The lowest BCUT2D eigenvalue weighted by Gasteiger charge is -2.18. The van der Waals surface area contributed by atoms with Crippen LogP contribution >= 0.6 is 0 Å². The minimum atomic E-state index is -3.45. The van der Waals surface area contributed by atoms with Crippen LogP contribution in [-0.2, 0) is 19.6 Å². The van der Waals surface area contributed by atoms with Gasteiger partial charge in [-0.2, -0.15) is 0 Å². The first kappa shape index (κ1) is 13.8. The van der Waals surface area contributed by atoms with E-state index in [-0.39, 0.29) is 24.2 Å². The summed E-state index contributed by atoms with van der Waals surface area (Å²) >= 11 is 0. The molecule has 1 aliphatic heterocycles. The van der Waals surface area contributed by atoms with Crippen LogP contribution in [0.5, 0.6) is 0 Å². The molecule has 0 aromatic carbocycles. The lowest BCUT2D eigenvalue weighted by Crippen LogP contribution is -2.41. The first-order chi connectivity index (χ1) is 8.46. The Bertz CT molecular complexity index is 398. The van der Waals surface area contributed by atoms with Crippen molar-refractivity contribution in [1.29, 1.82) is 0 Å². The molecule has 2 aliphatic rings. The molecule has 18 heavy (non-hydrogen) atoms. The van der Waals surface area contributed by atoms with Gasteiger partial charge in [-0.1, -0.05) is 0 Å². The molecule has 2 atom stereocenters. The van der Waals surface area contributed by atoms with Crippen LogP contribution in [0.4, 0.5) is 0 Å². The van der Waals surface area contributed by atoms with Crippen molar-refractivity contribution in [1.82, 2.24) is 4.72 Å². The summed E-state index contributed by atoms with van der Waals surface area (Å²) in [5, 5.41) is 8.78. The maximum Gasteiger partial charge on any atom is 0.304 e. The molecule has 2 N–H and O–H groups in total. The SMILES string of the molecule is O=C(O)CC(NS(=O)(=O)CC1CCCO1)C1CC1. The Kier molecular flexibility index (Phi) is 4.24. The predicted octanol–water partition coefficient (Wildman–Crippen LogP) is 0.338. The smallest absolute Gasteiger partial charge is 0.304 e. The van der Waals surface area contributed by atoms with Gasteiger partial charge in [0.25, 0.3) is 0 Å². The number of sulfonamides is 1. The number of carboxylic acids is 1. The topological polar surface area (TPSA) is 92.7 Å². The van der Waals surface area contributed by atoms with E-state index in [2.05, 4.69) is 4.72 Å². The maximum absolute atomic E-state index is 11.9. The van der Waals surface area contributed by atoms with E-state index in [0.717, 1.165) is 25.7 Å². The summed E-state index contributed by atoms with van der Waals surface area (Å²) < 4.78 is 31.7. The Hall–Kier alpha value is -0.660. The highest BCUT2D eigenvalue weighted by Gasteiger charge is 2.36. The minimum Gasteiger partial charge on any atom is -0.481 e. The van der Waals surface area contributed by atoms with Crippen molar-refractivity contribution in [3.8, 4) is 0 Å². The Morgan fingerprint density at radius 3 is 2.61 bits per heavy atom. The zero-order chi connectivity index (χ0) is 13.2. The fourth-order valence-electron chi connectivity index (χ4n) is 2.29. The van der Waals surface area contributed by atoms with Gasteiger partial charge < -0.3 is 9.84 Å². The largest absolute Gasteiger partial charge is 0.481 e. The Morgan fingerprint density at radius 2 is 2.11 bits per heavy atom. The summed E-state index contributed by atoms with van der Waals surface area (Å²) in [4.78, 5) is 10.7. The van der Waals surface area contributed by atoms with Crippen molar-refractivity contribution in [2.24, 2.45) is 5.92 Å². The number of carbonyl (C=O) groups is 1. The van der Waals surface area contributed by atoms with Crippen LogP contribution in [-0.4, -0.2) is 44.0 Å². The highest BCUT2D eigenvalue weighted by atomic mass is 32.2. The molecule has 1 saturated heterocycles. The van der Waals surface area contributed by atoms with Gasteiger partial charge in [0.2, 0.25) is 10.0 Å². The standard InChI is InChI=1S/C11H19NO5S/c13-11(14)6-10(8-3-4-8)12-18(15,16)7-9-2-1-5-17-9/h8-10,12H,1-7H2,(H,13,14). The van der Waals surface area contributed by atoms with Crippen molar-refractivity contribution in [3.63, 3.8) is 0 Å². The first-order valence-corrected chi connectivity index (χ1v) is 7.95. The van der Waals surface area contributed by atoms with E-state index in [0.29, 0.717) is 6.61 Å². The maximum atomic E-state index is 11.9. The molecule has 0 aromatic heterocycles. The van der Waals surface area contributed by atoms with Crippen molar-refractivity contribution in [2.75, 3.05) is 12.4 Å². The third-order valence-electron chi connectivity index (χ3n) is 3.35. The molecule has 0 bridgehead atoms. The molecule has 2 fully saturated rings. The van der Waals surface area contributed by atoms with Crippen molar-refractivity contribution in [2.45, 2.75) is 44.2 Å². The summed E-state index contributed by atoms with van der Waals surface area (Å²) in [6.07, 6.45) is 3.07. The molecule has 2 rings (SSSR count). The minimum absolute atomic E-state index is 0.0597. The van der Waals surface area contributed by atoms with Crippen LogP contribution in [0.3, 0.4) is 0 Å². The fraction of sp³-hybridized carbons (Fsp3) is 0.909. The highest BCUT2D eigenvalue weighted by molar-refractivity contribution is 7.89. The van der Waals surface area contributed by atoms with Gasteiger partial charge in [0.05, 0.1) is 18.3 Å². The molecule has 7 heteroatoms. The lowest BCUT2D eigenvalue weighted by molar-refractivity contribution is -0.137. The van der Waals surface area contributed by atoms with Crippen molar-refractivity contribution < 1.29 is 23.1 Å². The molecule has 2 unspecified atom stereocenters. The quantitative estimate of drug-likeness (QED) is 0.700. The van der Waals surface area contributed by atoms with Crippen molar-refractivity contribution >= 4 is 16.0 Å². The normalized spacial score (nSPS) is 26.1. The summed E-state index contributed by atoms with van der Waals surface area (Å²) in [5.41, 5.74) is 0. The van der Waals surface area contributed by atoms with Gasteiger partial charge in [-0.25, -0.2) is 13.1 Å². The van der Waals surface area contributed by atoms with Gasteiger partial charge in [-0.3, -0.25) is 4.79 Å². The molecule has 6 nitrogen and oxygen atoms in total. The molecule has 104 valence electrons. The third-order valence-corrected chi connectivity index (χ3v) is 4.82. The second-order valence-electron chi connectivity index (χ2n) is 5.08. The van der Waals surface area contributed by atoms with E-state index in [1.807, 2.05) is 0 Å². The van der Waals surface area contributed by atoms with E-state index < -0.39 is 22.0 Å². The van der Waals surface area contributed by atoms with Crippen LogP contribution in [0.25, 0.3) is 0 Å². The zero-order valence-corrected chi connectivity index (χ0v) is 11.0. The predicted molar refractivity (Wildman–Crippen MR) is 64.7 cm³/mol. The van der Waals surface area contributed by atoms with E-state index in [1.54, 1.807) is 0 Å². The summed E-state index contributed by atoms with van der Waals surface area (Å²) in [5.74, 6) is -0.845. The van der Waals surface area contributed by atoms with Crippen molar-refractivity contribution in [3.05, 3.63) is 0 Å². The summed E-state index contributed by atoms with van der Waals surface area (Å²) in [7, 11) is -3.45. The van der Waals surface area contributed by atoms with E-state index >= 15 is 0 Å². The number of carboxylic acid groups (broad SMARTS) is 1. The van der Waals surface area contributed by atoms with Gasteiger partial charge in [0.15, 0.2) is 0 Å². The van der Waals surface area contributed by atoms with E-state index in [1.165, 1.54) is 0 Å². The molecular formula is C11H19NO5S. The molecule has 0 aromatic rings. The zero-order valence-electron chi connectivity index (χ0n) is 10.2. The van der Waals surface area contributed by atoms with Crippen LogP contribution in [0, 0.1) is 5.92 Å². The average molecular weight is 277 g/mol. The van der Waals surface area contributed by atoms with Crippen LogP contribution in [0.2, 0.25) is 0 Å². The molecule has 0 spiro atoms. The van der Waals surface area contributed by atoms with Gasteiger partial charge in [-0.05, 0) is 31.6 Å². The Morgan fingerprint density at radius 1 is 1.39 bits per heavy atom. The molecule has 0 amide bonds. The first-order valence-electron chi connectivity index (χ1n) is 6.30. The number of hydrogen-bond donors (Lipinski definition) is 2. The molecule has 1 aliphatic carbocycles. The second kappa shape index (κ2) is 5.54. The molecular weight excluding hydrogens is 258 g/mol. The number of aliphatic carboxylic acids is 1. The molecule has 0 radical (unpaired) electrons. The number of hydrogen-bond acceptors (Lipinski definition) is 4. The Balaban J connectivity index is 1.89. The summed E-state index contributed by atoms with van der Waals surface area (Å²) in [6, 6.07) is -0.464. The van der Waals surface area contributed by atoms with Gasteiger partial charge in [-0.15, -0.1) is 0 Å². The summed E-state index contributed by atoms with van der Waals surface area (Å²) in [6.45, 7) is 0.612. The van der Waals surface area contributed by atoms with Gasteiger partial charge >= 0.3 is 5.97 Å². The monoisotopic (exact) mass is 277 g/mol. The number of nitrogens with one attached hydrogen (secondary N) is 1. The number of rotatable bonds is 7. The third kappa shape index (κ3) is 4.22. The lowest BCUT2D eigenvalue weighted by atomic mass is 10.1. The van der Waals surface area contributed by atoms with Crippen LogP contribution in [0.15, 0.2) is 0 Å². The Labute approximate surface area is 107 Å². The van der Waals surface area contributed by atoms with Gasteiger partial charge in [0, 0.05) is 12.6 Å². The number of ether oxygens (including phenoxy) is 1. The second-order valence-corrected chi connectivity index (χ2v) is 6.87. The van der Waals surface area contributed by atoms with Crippen LogP contribution < -0.4 is 4.72 Å². The van der Waals surface area contributed by atoms with Gasteiger partial charge in [0.1, 0.15) is 0 Å².